The third-order valence-corrected chi connectivity index (χ3v) is 7.18. The Kier molecular flexibility index (Phi) is 7.42. The Morgan fingerprint density at radius 2 is 0.971 bits per heavy atom. The van der Waals surface area contributed by atoms with Crippen molar-refractivity contribution in [1.82, 2.24) is 0 Å². The molecule has 17 heteroatoms. The lowest BCUT2D eigenvalue weighted by Gasteiger charge is -2.39. The first-order valence-corrected chi connectivity index (χ1v) is 11.1. The fourth-order valence-electron chi connectivity index (χ4n) is 3.24. The molecule has 0 atom stereocenters. The Morgan fingerprint density at radius 3 is 1.37 bits per heavy atom. The molecule has 0 aromatic heterocycles. The van der Waals surface area contributed by atoms with Gasteiger partial charge in [0, 0.05) is 18.8 Å². The molecule has 0 unspecified atom stereocenters. The number of alkyl halides is 13. The maximum absolute atomic E-state index is 14.2. The van der Waals surface area contributed by atoms with Gasteiger partial charge in [0.25, 0.3) is 0 Å². The lowest BCUT2D eigenvalue weighted by molar-refractivity contribution is -0.433. The van der Waals surface area contributed by atoms with Gasteiger partial charge in [-0.3, -0.25) is 0 Å². The van der Waals surface area contributed by atoms with Crippen LogP contribution in [-0.2, 0) is 9.84 Å². The Morgan fingerprint density at radius 1 is 0.571 bits per heavy atom. The molecule has 0 bridgehead atoms. The van der Waals surface area contributed by atoms with Crippen LogP contribution in [0.2, 0.25) is 0 Å². The quantitative estimate of drug-likeness (QED) is 0.358. The third-order valence-electron chi connectivity index (χ3n) is 5.36. The Labute approximate surface area is 189 Å². The number of hydrogen-bond acceptors (Lipinski definition) is 3. The van der Waals surface area contributed by atoms with Crippen LogP contribution in [0.4, 0.5) is 62.8 Å². The summed E-state index contributed by atoms with van der Waals surface area (Å²) in [5.41, 5.74) is 0.211. The summed E-state index contributed by atoms with van der Waals surface area (Å²) < 4.78 is 197. The molecule has 3 nitrogen and oxygen atoms in total. The minimum atomic E-state index is -8.18. The second-order valence-corrected chi connectivity index (χ2v) is 9.70. The molecule has 0 spiro atoms. The van der Waals surface area contributed by atoms with Crippen molar-refractivity contribution in [3.63, 3.8) is 0 Å². The summed E-state index contributed by atoms with van der Waals surface area (Å²) in [6.07, 6.45) is -4.51. The summed E-state index contributed by atoms with van der Waals surface area (Å²) in [5.74, 6) is -32.2. The zero-order valence-electron chi connectivity index (χ0n) is 17.1. The van der Waals surface area contributed by atoms with E-state index in [4.69, 9.17) is 0 Å². The van der Waals surface area contributed by atoms with E-state index >= 15 is 0 Å². The number of halogens is 13. The monoisotopic (exact) mass is 557 g/mol. The van der Waals surface area contributed by atoms with Crippen LogP contribution < -0.4 is 4.90 Å². The molecule has 1 fully saturated rings. The highest BCUT2D eigenvalue weighted by atomic mass is 32.2. The van der Waals surface area contributed by atoms with Gasteiger partial charge >= 0.3 is 35.1 Å². The van der Waals surface area contributed by atoms with Crippen molar-refractivity contribution >= 4 is 15.5 Å². The van der Waals surface area contributed by atoms with Crippen molar-refractivity contribution in [3.8, 4) is 0 Å². The second kappa shape index (κ2) is 8.87. The standard InChI is InChI=1S/C18H16F13NO2S/c19-13(20,15(23,24)17(27,28)29)14(21,22)16(25,26)18(30,31)35(33,34)12-7-5-11(6-8-12)32-9-3-1-2-4-10-32/h5-8H,1-4,9-10H2. The van der Waals surface area contributed by atoms with E-state index in [0.29, 0.717) is 25.9 Å². The molecule has 1 aliphatic rings. The molecule has 2 rings (SSSR count). The van der Waals surface area contributed by atoms with Gasteiger partial charge in [-0.25, -0.2) is 8.42 Å². The fraction of sp³-hybridized carbons (Fsp3) is 0.667. The van der Waals surface area contributed by atoms with Gasteiger partial charge in [0.2, 0.25) is 9.84 Å². The molecule has 1 saturated heterocycles. The number of sulfone groups is 1. The van der Waals surface area contributed by atoms with Gasteiger partial charge in [0.1, 0.15) is 0 Å². The van der Waals surface area contributed by atoms with Crippen molar-refractivity contribution < 1.29 is 65.5 Å². The number of hydrogen-bond donors (Lipinski definition) is 0. The van der Waals surface area contributed by atoms with Gasteiger partial charge in [0.05, 0.1) is 4.90 Å². The molecule has 35 heavy (non-hydrogen) atoms. The molecule has 1 aromatic carbocycles. The van der Waals surface area contributed by atoms with E-state index in [1.54, 1.807) is 4.90 Å². The van der Waals surface area contributed by atoms with E-state index in [0.717, 1.165) is 25.0 Å². The van der Waals surface area contributed by atoms with Crippen molar-refractivity contribution in [2.24, 2.45) is 0 Å². The molecule has 0 amide bonds. The summed E-state index contributed by atoms with van der Waals surface area (Å²) in [5, 5.41) is -7.24. The van der Waals surface area contributed by atoms with Crippen molar-refractivity contribution in [2.75, 3.05) is 18.0 Å². The number of rotatable bonds is 7. The van der Waals surface area contributed by atoms with Crippen molar-refractivity contribution in [3.05, 3.63) is 24.3 Å². The maximum atomic E-state index is 14.2. The molecule has 0 radical (unpaired) electrons. The van der Waals surface area contributed by atoms with Gasteiger partial charge in [-0.15, -0.1) is 0 Å². The predicted octanol–water partition coefficient (Wildman–Crippen LogP) is 6.54. The summed E-state index contributed by atoms with van der Waals surface area (Å²) >= 11 is 0. The van der Waals surface area contributed by atoms with E-state index in [1.165, 1.54) is 0 Å². The van der Waals surface area contributed by atoms with E-state index < -0.39 is 49.9 Å². The highest BCUT2D eigenvalue weighted by molar-refractivity contribution is 7.92. The largest absolute Gasteiger partial charge is 0.460 e. The van der Waals surface area contributed by atoms with Crippen LogP contribution in [0.5, 0.6) is 0 Å². The van der Waals surface area contributed by atoms with E-state index in [2.05, 4.69) is 0 Å². The minimum absolute atomic E-state index is 0.211. The topological polar surface area (TPSA) is 37.4 Å². The van der Waals surface area contributed by atoms with Crippen molar-refractivity contribution in [2.45, 2.75) is 65.7 Å². The molecular weight excluding hydrogens is 541 g/mol. The summed E-state index contributed by atoms with van der Waals surface area (Å²) in [6, 6.07) is 2.19. The molecule has 202 valence electrons. The first-order valence-electron chi connectivity index (χ1n) is 9.63. The zero-order chi connectivity index (χ0) is 27.3. The number of benzene rings is 1. The van der Waals surface area contributed by atoms with Crippen LogP contribution in [0, 0.1) is 0 Å². The SMILES string of the molecule is O=S(=O)(c1ccc(N2CCCCCC2)cc1)C(F)(F)C(F)(F)C(F)(F)C(F)(F)C(F)(F)C(F)(F)F. The first-order chi connectivity index (χ1) is 15.6. The average molecular weight is 557 g/mol. The fourth-order valence-corrected chi connectivity index (χ4v) is 4.49. The van der Waals surface area contributed by atoms with Crippen LogP contribution in [0.3, 0.4) is 0 Å². The van der Waals surface area contributed by atoms with Crippen molar-refractivity contribution in [1.29, 1.82) is 0 Å². The summed E-state index contributed by atoms with van der Waals surface area (Å²) in [4.78, 5) is -0.133. The molecule has 0 saturated carbocycles. The Balaban J connectivity index is 2.50. The highest BCUT2D eigenvalue weighted by Gasteiger charge is 2.92. The molecule has 1 aromatic rings. The lowest BCUT2D eigenvalue weighted by atomic mass is 9.98. The summed E-state index contributed by atoms with van der Waals surface area (Å²) in [6.45, 7) is 0.879. The zero-order valence-corrected chi connectivity index (χ0v) is 18.0. The van der Waals surface area contributed by atoms with Gasteiger partial charge in [0.15, 0.2) is 0 Å². The van der Waals surface area contributed by atoms with Crippen LogP contribution in [0.15, 0.2) is 29.2 Å². The molecular formula is C18H16F13NO2S. The smallest absolute Gasteiger partial charge is 0.372 e. The average Bonchev–Trinajstić information content (AvgIpc) is 3.02. The number of nitrogens with zero attached hydrogens (tertiary/aromatic N) is 1. The lowest BCUT2D eigenvalue weighted by Crippen LogP contribution is -2.71. The van der Waals surface area contributed by atoms with E-state index in [1.807, 2.05) is 0 Å². The normalized spacial score (nSPS) is 17.9. The Hall–Kier alpha value is -1.94. The van der Waals surface area contributed by atoms with E-state index in [9.17, 15) is 65.5 Å². The summed E-state index contributed by atoms with van der Waals surface area (Å²) in [7, 11) is -7.02. The van der Waals surface area contributed by atoms with Gasteiger partial charge in [-0.2, -0.15) is 57.1 Å². The second-order valence-electron chi connectivity index (χ2n) is 7.71. The first kappa shape index (κ1) is 29.3. The molecule has 0 N–H and O–H groups in total. The van der Waals surface area contributed by atoms with Crippen LogP contribution in [0.25, 0.3) is 0 Å². The minimum Gasteiger partial charge on any atom is -0.372 e. The number of anilines is 1. The van der Waals surface area contributed by atoms with Gasteiger partial charge < -0.3 is 4.90 Å². The highest BCUT2D eigenvalue weighted by Crippen LogP contribution is 2.61. The molecule has 0 aliphatic carbocycles. The molecule has 1 aliphatic heterocycles. The maximum Gasteiger partial charge on any atom is 0.460 e. The Bertz CT molecular complexity index is 996. The van der Waals surface area contributed by atoms with Crippen LogP contribution in [-0.4, -0.2) is 56.6 Å². The van der Waals surface area contributed by atoms with E-state index in [-0.39, 0.29) is 17.8 Å². The van der Waals surface area contributed by atoms with Gasteiger partial charge in [-0.1, -0.05) is 12.8 Å². The van der Waals surface area contributed by atoms with Crippen LogP contribution in [0.1, 0.15) is 25.7 Å². The third kappa shape index (κ3) is 4.41. The predicted molar refractivity (Wildman–Crippen MR) is 95.1 cm³/mol. The molecule has 1 heterocycles. The van der Waals surface area contributed by atoms with Gasteiger partial charge in [-0.05, 0) is 37.1 Å². The van der Waals surface area contributed by atoms with Crippen LogP contribution >= 0.6 is 0 Å².